The van der Waals surface area contributed by atoms with Crippen molar-refractivity contribution in [1.29, 1.82) is 0 Å². The molecule has 1 aromatic heterocycles. The van der Waals surface area contributed by atoms with Crippen LogP contribution in [0.25, 0.3) is 10.9 Å². The van der Waals surface area contributed by atoms with E-state index in [0.29, 0.717) is 0 Å². The highest BCUT2D eigenvalue weighted by atomic mass is 16.4. The van der Waals surface area contributed by atoms with Crippen LogP contribution in [0.15, 0.2) is 60.8 Å². The Morgan fingerprint density at radius 3 is 2.26 bits per heavy atom. The fourth-order valence-electron chi connectivity index (χ4n) is 4.02. The molecular weight excluding hydrogens is 504 g/mol. The van der Waals surface area contributed by atoms with Crippen molar-refractivity contribution in [1.82, 2.24) is 20.9 Å². The summed E-state index contributed by atoms with van der Waals surface area (Å²) in [6.45, 7) is -0.509. The number of aromatic amines is 1. The largest absolute Gasteiger partial charge is 0.480 e. The fraction of sp³-hybridized carbons (Fsp3) is 0.296. The molecule has 4 amide bonds. The summed E-state index contributed by atoms with van der Waals surface area (Å²) in [5.41, 5.74) is 13.3. The lowest BCUT2D eigenvalue weighted by Crippen LogP contribution is -2.54. The van der Waals surface area contributed by atoms with Gasteiger partial charge in [-0.3, -0.25) is 19.2 Å². The number of nitrogens with two attached hydrogens (primary N) is 2. The van der Waals surface area contributed by atoms with E-state index in [2.05, 4.69) is 20.9 Å². The SMILES string of the molecule is NC(=O)CCC(N)C(=O)NC(Cc1ccccc1)C(=O)NCC(=O)NC(Cc1c[nH]c2ccccc12)C(=O)O. The van der Waals surface area contributed by atoms with Crippen LogP contribution in [-0.2, 0) is 36.8 Å². The van der Waals surface area contributed by atoms with E-state index in [-0.39, 0.29) is 25.7 Å². The third kappa shape index (κ3) is 8.68. The Morgan fingerprint density at radius 1 is 0.872 bits per heavy atom. The van der Waals surface area contributed by atoms with Crippen molar-refractivity contribution in [3.05, 3.63) is 71.9 Å². The van der Waals surface area contributed by atoms with E-state index in [1.165, 1.54) is 0 Å². The van der Waals surface area contributed by atoms with Crippen molar-refractivity contribution in [3.63, 3.8) is 0 Å². The van der Waals surface area contributed by atoms with Crippen molar-refractivity contribution >= 4 is 40.5 Å². The van der Waals surface area contributed by atoms with Gasteiger partial charge in [0.25, 0.3) is 0 Å². The van der Waals surface area contributed by atoms with E-state index < -0.39 is 54.3 Å². The minimum absolute atomic E-state index is 0.0102. The Bertz CT molecular complexity index is 1320. The van der Waals surface area contributed by atoms with Crippen LogP contribution in [0.4, 0.5) is 0 Å². The summed E-state index contributed by atoms with van der Waals surface area (Å²) >= 11 is 0. The zero-order chi connectivity index (χ0) is 28.4. The highest BCUT2D eigenvalue weighted by Crippen LogP contribution is 2.19. The number of para-hydroxylation sites is 1. The van der Waals surface area contributed by atoms with Crippen molar-refractivity contribution in [2.45, 2.75) is 43.8 Å². The van der Waals surface area contributed by atoms with E-state index >= 15 is 0 Å². The molecule has 0 aliphatic carbocycles. The molecule has 0 saturated carbocycles. The number of H-pyrrole nitrogens is 1. The van der Waals surface area contributed by atoms with Crippen LogP contribution in [0.3, 0.4) is 0 Å². The summed E-state index contributed by atoms with van der Waals surface area (Å²) in [7, 11) is 0. The predicted octanol–water partition coefficient (Wildman–Crippen LogP) is -0.284. The first-order chi connectivity index (χ1) is 18.6. The van der Waals surface area contributed by atoms with Crippen LogP contribution < -0.4 is 27.4 Å². The zero-order valence-electron chi connectivity index (χ0n) is 21.2. The number of nitrogens with one attached hydrogen (secondary N) is 4. The van der Waals surface area contributed by atoms with Gasteiger partial charge >= 0.3 is 5.97 Å². The molecule has 0 aliphatic rings. The number of hydrogen-bond donors (Lipinski definition) is 7. The molecule has 3 atom stereocenters. The van der Waals surface area contributed by atoms with Gasteiger partial charge in [-0.15, -0.1) is 0 Å². The van der Waals surface area contributed by atoms with E-state index in [0.717, 1.165) is 22.0 Å². The van der Waals surface area contributed by atoms with Gasteiger partial charge in [0.2, 0.25) is 23.6 Å². The second-order valence-electron chi connectivity index (χ2n) is 9.10. The zero-order valence-corrected chi connectivity index (χ0v) is 21.2. The summed E-state index contributed by atoms with van der Waals surface area (Å²) in [5, 5.41) is 17.9. The van der Waals surface area contributed by atoms with Crippen LogP contribution in [-0.4, -0.2) is 64.4 Å². The number of aliphatic carboxylic acids is 1. The van der Waals surface area contributed by atoms with Gasteiger partial charge in [-0.1, -0.05) is 48.5 Å². The maximum atomic E-state index is 13.0. The molecule has 12 heteroatoms. The highest BCUT2D eigenvalue weighted by Gasteiger charge is 2.26. The number of carbonyl (C=O) groups is 5. The Balaban J connectivity index is 1.61. The number of carboxylic acids is 1. The molecule has 0 saturated heterocycles. The van der Waals surface area contributed by atoms with Gasteiger partial charge in [0.1, 0.15) is 12.1 Å². The fourth-order valence-corrected chi connectivity index (χ4v) is 4.02. The summed E-state index contributed by atoms with van der Waals surface area (Å²) < 4.78 is 0. The van der Waals surface area contributed by atoms with Gasteiger partial charge in [0.15, 0.2) is 0 Å². The molecule has 0 aliphatic heterocycles. The second-order valence-corrected chi connectivity index (χ2v) is 9.10. The first-order valence-electron chi connectivity index (χ1n) is 12.4. The van der Waals surface area contributed by atoms with Crippen molar-refractivity contribution in [3.8, 4) is 0 Å². The van der Waals surface area contributed by atoms with Crippen LogP contribution in [0, 0.1) is 0 Å². The summed E-state index contributed by atoms with van der Waals surface area (Å²) in [6, 6.07) is 12.9. The van der Waals surface area contributed by atoms with Crippen LogP contribution in [0.5, 0.6) is 0 Å². The minimum Gasteiger partial charge on any atom is -0.480 e. The van der Waals surface area contributed by atoms with E-state index in [1.54, 1.807) is 36.5 Å². The molecule has 3 rings (SSSR count). The molecule has 0 radical (unpaired) electrons. The van der Waals surface area contributed by atoms with Crippen molar-refractivity contribution in [2.24, 2.45) is 11.5 Å². The van der Waals surface area contributed by atoms with E-state index in [9.17, 15) is 29.1 Å². The van der Waals surface area contributed by atoms with Crippen molar-refractivity contribution < 1.29 is 29.1 Å². The Labute approximate surface area is 224 Å². The number of carboxylic acid groups (broad SMARTS) is 1. The molecule has 206 valence electrons. The number of carbonyl (C=O) groups excluding carboxylic acids is 4. The molecule has 9 N–H and O–H groups in total. The lowest BCUT2D eigenvalue weighted by Gasteiger charge is -2.21. The molecule has 0 spiro atoms. The molecule has 1 heterocycles. The summed E-state index contributed by atoms with van der Waals surface area (Å²) in [6.07, 6.45) is 1.76. The molecule has 12 nitrogen and oxygen atoms in total. The van der Waals surface area contributed by atoms with Gasteiger partial charge in [-0.2, -0.15) is 0 Å². The average Bonchev–Trinajstić information content (AvgIpc) is 3.32. The molecule has 3 unspecified atom stereocenters. The second kappa shape index (κ2) is 13.7. The third-order valence-electron chi connectivity index (χ3n) is 6.11. The number of rotatable bonds is 14. The Kier molecular flexibility index (Phi) is 10.2. The van der Waals surface area contributed by atoms with Crippen LogP contribution >= 0.6 is 0 Å². The van der Waals surface area contributed by atoms with Gasteiger partial charge in [0.05, 0.1) is 12.6 Å². The molecule has 0 bridgehead atoms. The number of amides is 4. The molecule has 3 aromatic rings. The molecule has 39 heavy (non-hydrogen) atoms. The van der Waals surface area contributed by atoms with Gasteiger partial charge in [-0.05, 0) is 23.6 Å². The minimum atomic E-state index is -1.23. The number of fused-ring (bicyclic) bond motifs is 1. The quantitative estimate of drug-likeness (QED) is 0.146. The van der Waals surface area contributed by atoms with Crippen molar-refractivity contribution in [2.75, 3.05) is 6.54 Å². The maximum absolute atomic E-state index is 13.0. The highest BCUT2D eigenvalue weighted by molar-refractivity contribution is 5.93. The summed E-state index contributed by atoms with van der Waals surface area (Å²) in [5.74, 6) is -3.85. The normalized spacial score (nSPS) is 13.2. The van der Waals surface area contributed by atoms with Gasteiger partial charge in [-0.25, -0.2) is 4.79 Å². The smallest absolute Gasteiger partial charge is 0.326 e. The van der Waals surface area contributed by atoms with E-state index in [4.69, 9.17) is 11.5 Å². The Morgan fingerprint density at radius 2 is 1.56 bits per heavy atom. The number of benzene rings is 2. The van der Waals surface area contributed by atoms with Crippen LogP contribution in [0.1, 0.15) is 24.0 Å². The predicted molar refractivity (Wildman–Crippen MR) is 143 cm³/mol. The first kappa shape index (κ1) is 28.9. The number of primary amides is 1. The Hall–Kier alpha value is -4.71. The molecular formula is C27H32N6O6. The maximum Gasteiger partial charge on any atom is 0.326 e. The number of hydrogen-bond acceptors (Lipinski definition) is 6. The average molecular weight is 537 g/mol. The standard InChI is InChI=1S/C27H32N6O6/c28-19(10-11-23(29)34)25(36)33-21(12-16-6-2-1-3-7-16)26(37)31-15-24(35)32-22(27(38)39)13-17-14-30-20-9-5-4-8-18(17)20/h1-9,14,19,21-22,30H,10-13,15,28H2,(H2,29,34)(H,31,37)(H,32,35)(H,33,36)(H,38,39). The summed E-state index contributed by atoms with van der Waals surface area (Å²) in [4.78, 5) is 64.0. The lowest BCUT2D eigenvalue weighted by molar-refractivity contribution is -0.141. The molecule has 0 fully saturated rings. The van der Waals surface area contributed by atoms with Crippen LogP contribution in [0.2, 0.25) is 0 Å². The molecule has 2 aromatic carbocycles. The lowest BCUT2D eigenvalue weighted by atomic mass is 10.0. The monoisotopic (exact) mass is 536 g/mol. The number of aromatic nitrogens is 1. The topological polar surface area (TPSA) is 209 Å². The van der Waals surface area contributed by atoms with Gasteiger partial charge in [0, 0.05) is 36.4 Å². The van der Waals surface area contributed by atoms with Gasteiger partial charge < -0.3 is 37.5 Å². The first-order valence-corrected chi connectivity index (χ1v) is 12.4. The third-order valence-corrected chi connectivity index (χ3v) is 6.11. The van der Waals surface area contributed by atoms with E-state index in [1.807, 2.05) is 24.3 Å².